The van der Waals surface area contributed by atoms with E-state index in [0.717, 1.165) is 0 Å². The number of carboxylic acids is 3. The molecule has 0 bridgehead atoms. The van der Waals surface area contributed by atoms with E-state index in [1.807, 2.05) is 0 Å². The highest BCUT2D eigenvalue weighted by molar-refractivity contribution is 5.74. The van der Waals surface area contributed by atoms with Crippen LogP contribution in [0.5, 0.6) is 0 Å². The van der Waals surface area contributed by atoms with Gasteiger partial charge in [-0.1, -0.05) is 20.8 Å². The third-order valence-corrected chi connectivity index (χ3v) is 2.82. The lowest BCUT2D eigenvalue weighted by Crippen LogP contribution is -2.48. The second-order valence-electron chi connectivity index (χ2n) is 4.91. The Labute approximate surface area is 111 Å². The molecule has 0 aliphatic heterocycles. The van der Waals surface area contributed by atoms with Crippen LogP contribution in [0.1, 0.15) is 27.2 Å². The molecule has 2 atom stereocenters. The number of carboxylic acid groups (broad SMARTS) is 3. The topological polar surface area (TPSA) is 115 Å². The first kappa shape index (κ1) is 17.4. The zero-order chi connectivity index (χ0) is 15.2. The fraction of sp³-hybridized carbons (Fsp3) is 0.750. The van der Waals surface area contributed by atoms with E-state index in [1.54, 1.807) is 13.8 Å². The molecule has 0 spiro atoms. The van der Waals surface area contributed by atoms with Crippen LogP contribution in [0.25, 0.3) is 0 Å². The molecule has 19 heavy (non-hydrogen) atoms. The highest BCUT2D eigenvalue weighted by atomic mass is 16.4. The first-order valence-electron chi connectivity index (χ1n) is 6.08. The lowest BCUT2D eigenvalue weighted by Gasteiger charge is -2.32. The molecule has 0 radical (unpaired) electrons. The average Bonchev–Trinajstić information content (AvgIpc) is 2.24. The summed E-state index contributed by atoms with van der Waals surface area (Å²) >= 11 is 0. The maximum absolute atomic E-state index is 11.2. The van der Waals surface area contributed by atoms with Crippen molar-refractivity contribution in [1.82, 2.24) is 4.90 Å². The van der Waals surface area contributed by atoms with E-state index in [-0.39, 0.29) is 25.4 Å². The SMILES string of the molecule is CC(CN(CCC(=O)O)C(C(=O)O)C(C)C)C(=O)O. The zero-order valence-corrected chi connectivity index (χ0v) is 11.4. The fourth-order valence-electron chi connectivity index (χ4n) is 1.88. The summed E-state index contributed by atoms with van der Waals surface area (Å²) in [5, 5.41) is 26.7. The predicted molar refractivity (Wildman–Crippen MR) is 66.9 cm³/mol. The minimum absolute atomic E-state index is 0.0117. The van der Waals surface area contributed by atoms with Crippen LogP contribution in [0, 0.1) is 11.8 Å². The lowest BCUT2D eigenvalue weighted by atomic mass is 10.0. The third-order valence-electron chi connectivity index (χ3n) is 2.82. The van der Waals surface area contributed by atoms with Gasteiger partial charge in [-0.2, -0.15) is 0 Å². The number of rotatable bonds is 9. The van der Waals surface area contributed by atoms with Crippen molar-refractivity contribution < 1.29 is 29.7 Å². The van der Waals surface area contributed by atoms with E-state index in [2.05, 4.69) is 0 Å². The van der Waals surface area contributed by atoms with Crippen molar-refractivity contribution in [3.63, 3.8) is 0 Å². The summed E-state index contributed by atoms with van der Waals surface area (Å²) in [5.41, 5.74) is 0. The monoisotopic (exact) mass is 275 g/mol. The van der Waals surface area contributed by atoms with Gasteiger partial charge in [0.15, 0.2) is 0 Å². The molecule has 3 N–H and O–H groups in total. The molecule has 0 saturated heterocycles. The number of aliphatic carboxylic acids is 3. The van der Waals surface area contributed by atoms with Gasteiger partial charge < -0.3 is 15.3 Å². The highest BCUT2D eigenvalue weighted by Crippen LogP contribution is 2.14. The summed E-state index contributed by atoms with van der Waals surface area (Å²) in [6.45, 7) is 4.91. The Bertz CT molecular complexity index is 341. The van der Waals surface area contributed by atoms with E-state index in [1.165, 1.54) is 11.8 Å². The molecule has 0 heterocycles. The van der Waals surface area contributed by atoms with Crippen LogP contribution in [0.4, 0.5) is 0 Å². The first-order valence-corrected chi connectivity index (χ1v) is 6.08. The molecule has 0 amide bonds. The summed E-state index contributed by atoms with van der Waals surface area (Å²) in [7, 11) is 0. The molecule has 7 heteroatoms. The fourth-order valence-corrected chi connectivity index (χ4v) is 1.88. The van der Waals surface area contributed by atoms with Crippen molar-refractivity contribution >= 4 is 17.9 Å². The van der Waals surface area contributed by atoms with Gasteiger partial charge in [-0.25, -0.2) is 0 Å². The molecule has 0 aromatic carbocycles. The van der Waals surface area contributed by atoms with Crippen LogP contribution in [0.2, 0.25) is 0 Å². The average molecular weight is 275 g/mol. The third kappa shape index (κ3) is 6.19. The lowest BCUT2D eigenvalue weighted by molar-refractivity contribution is -0.149. The summed E-state index contributed by atoms with van der Waals surface area (Å²) in [6, 6.07) is -0.888. The predicted octanol–water partition coefficient (Wildman–Crippen LogP) is 0.593. The Balaban J connectivity index is 4.95. The number of hydrogen-bond donors (Lipinski definition) is 3. The second kappa shape index (κ2) is 7.73. The van der Waals surface area contributed by atoms with Crippen LogP contribution >= 0.6 is 0 Å². The first-order chi connectivity index (χ1) is 8.66. The summed E-state index contributed by atoms with van der Waals surface area (Å²) in [5.74, 6) is -4.14. The van der Waals surface area contributed by atoms with Gasteiger partial charge in [0.25, 0.3) is 0 Å². The van der Waals surface area contributed by atoms with E-state index >= 15 is 0 Å². The molecule has 0 rings (SSSR count). The van der Waals surface area contributed by atoms with E-state index in [4.69, 9.17) is 10.2 Å². The van der Waals surface area contributed by atoms with E-state index in [9.17, 15) is 19.5 Å². The van der Waals surface area contributed by atoms with Crippen molar-refractivity contribution in [3.05, 3.63) is 0 Å². The maximum Gasteiger partial charge on any atom is 0.321 e. The molecular formula is C12H21NO6. The minimum atomic E-state index is -1.07. The van der Waals surface area contributed by atoms with E-state index in [0.29, 0.717) is 0 Å². The largest absolute Gasteiger partial charge is 0.481 e. The van der Waals surface area contributed by atoms with Crippen LogP contribution in [0.3, 0.4) is 0 Å². The van der Waals surface area contributed by atoms with Gasteiger partial charge in [0.05, 0.1) is 12.3 Å². The quantitative estimate of drug-likeness (QED) is 0.564. The summed E-state index contributed by atoms with van der Waals surface area (Å²) in [6.07, 6.45) is -0.219. The molecule has 110 valence electrons. The molecular weight excluding hydrogens is 254 g/mol. The van der Waals surface area contributed by atoms with Crippen LogP contribution < -0.4 is 0 Å². The van der Waals surface area contributed by atoms with Crippen molar-refractivity contribution in [2.45, 2.75) is 33.2 Å². The van der Waals surface area contributed by atoms with Gasteiger partial charge >= 0.3 is 17.9 Å². The Morgan fingerprint density at radius 3 is 1.84 bits per heavy atom. The Morgan fingerprint density at radius 1 is 1.00 bits per heavy atom. The molecule has 0 saturated carbocycles. The van der Waals surface area contributed by atoms with Crippen molar-refractivity contribution in [1.29, 1.82) is 0 Å². The van der Waals surface area contributed by atoms with Gasteiger partial charge in [-0.15, -0.1) is 0 Å². The van der Waals surface area contributed by atoms with Crippen LogP contribution in [0.15, 0.2) is 0 Å². The molecule has 0 fully saturated rings. The number of nitrogens with zero attached hydrogens (tertiary/aromatic N) is 1. The minimum Gasteiger partial charge on any atom is -0.481 e. The number of hydrogen-bond acceptors (Lipinski definition) is 4. The maximum atomic E-state index is 11.2. The second-order valence-corrected chi connectivity index (χ2v) is 4.91. The van der Waals surface area contributed by atoms with Crippen molar-refractivity contribution in [3.8, 4) is 0 Å². The molecule has 0 aromatic rings. The zero-order valence-electron chi connectivity index (χ0n) is 11.4. The van der Waals surface area contributed by atoms with Gasteiger partial charge in [0.1, 0.15) is 6.04 Å². The van der Waals surface area contributed by atoms with Gasteiger partial charge in [-0.3, -0.25) is 19.3 Å². The van der Waals surface area contributed by atoms with Crippen LogP contribution in [-0.4, -0.2) is 57.3 Å². The molecule has 7 nitrogen and oxygen atoms in total. The smallest absolute Gasteiger partial charge is 0.321 e. The summed E-state index contributed by atoms with van der Waals surface area (Å²) < 4.78 is 0. The van der Waals surface area contributed by atoms with Crippen molar-refractivity contribution in [2.24, 2.45) is 11.8 Å². The van der Waals surface area contributed by atoms with Crippen molar-refractivity contribution in [2.75, 3.05) is 13.1 Å². The molecule has 0 aliphatic rings. The van der Waals surface area contributed by atoms with Crippen LogP contribution in [-0.2, 0) is 14.4 Å². The van der Waals surface area contributed by atoms with Gasteiger partial charge in [-0.05, 0) is 5.92 Å². The Morgan fingerprint density at radius 2 is 1.53 bits per heavy atom. The Hall–Kier alpha value is -1.63. The molecule has 2 unspecified atom stereocenters. The highest BCUT2D eigenvalue weighted by Gasteiger charge is 2.31. The molecule has 0 aliphatic carbocycles. The Kier molecular flexibility index (Phi) is 7.06. The number of carbonyl (C=O) groups is 3. The summed E-state index contributed by atoms with van der Waals surface area (Å²) in [4.78, 5) is 34.1. The normalized spacial score (nSPS) is 14.4. The standard InChI is InChI=1S/C12H21NO6/c1-7(2)10(12(18)19)13(5-4-9(14)15)6-8(3)11(16)17/h7-8,10H,4-6H2,1-3H3,(H,14,15)(H,16,17)(H,18,19). The van der Waals surface area contributed by atoms with E-state index < -0.39 is 29.9 Å². The van der Waals surface area contributed by atoms with Gasteiger partial charge in [0.2, 0.25) is 0 Å². The van der Waals surface area contributed by atoms with Gasteiger partial charge in [0, 0.05) is 13.1 Å². The molecule has 0 aromatic heterocycles.